The molecule has 3 heteroatoms. The molecule has 0 amide bonds. The van der Waals surface area contributed by atoms with Crippen LogP contribution in [0, 0.1) is 0 Å². The van der Waals surface area contributed by atoms with Gasteiger partial charge in [0.25, 0.3) is 0 Å². The minimum absolute atomic E-state index is 1.14. The number of allylic oxidation sites excluding steroid dienone is 4. The molecular formula is C6H8Br2Ru. The van der Waals surface area contributed by atoms with E-state index in [9.17, 15) is 0 Å². The van der Waals surface area contributed by atoms with Crippen LogP contribution in [0.15, 0.2) is 22.4 Å². The Morgan fingerprint density at radius 3 is 2.44 bits per heavy atom. The fraction of sp³-hybridized carbons (Fsp3) is 0.333. The minimum atomic E-state index is -1.59. The quantitative estimate of drug-likeness (QED) is 0.639. The molecule has 1 aliphatic rings. The maximum atomic E-state index is 3.68. The first-order chi connectivity index (χ1) is 4.11. The Kier molecular flexibility index (Phi) is 2.70. The average Bonchev–Trinajstić information content (AvgIpc) is 2.08. The molecule has 0 aromatic carbocycles. The van der Waals surface area contributed by atoms with Gasteiger partial charge in [-0.1, -0.05) is 0 Å². The monoisotopic (exact) mass is 340 g/mol. The molecule has 54 valence electrons. The number of rotatable bonds is 1. The second kappa shape index (κ2) is 2.98. The van der Waals surface area contributed by atoms with Crippen LogP contribution in [0.5, 0.6) is 0 Å². The second-order valence-corrected chi connectivity index (χ2v) is 23.8. The van der Waals surface area contributed by atoms with Crippen LogP contribution in [0.1, 0.15) is 6.42 Å². The molecule has 0 aromatic heterocycles. The van der Waals surface area contributed by atoms with Gasteiger partial charge in [-0.2, -0.15) is 0 Å². The summed E-state index contributed by atoms with van der Waals surface area (Å²) in [5, 5.41) is 0. The van der Waals surface area contributed by atoms with Gasteiger partial charge in [-0.25, -0.2) is 0 Å². The predicted octanol–water partition coefficient (Wildman–Crippen LogP) is 3.65. The predicted molar refractivity (Wildman–Crippen MR) is 45.6 cm³/mol. The Labute approximate surface area is 71.9 Å². The zero-order valence-electron chi connectivity index (χ0n) is 5.05. The van der Waals surface area contributed by atoms with Crippen molar-refractivity contribution < 1.29 is 10.9 Å². The zero-order chi connectivity index (χ0) is 6.91. The molecule has 0 aliphatic heterocycles. The molecule has 0 spiro atoms. The van der Waals surface area contributed by atoms with Gasteiger partial charge in [0.2, 0.25) is 0 Å². The molecule has 0 unspecified atom stereocenters. The number of hydrogen-bond acceptors (Lipinski definition) is 0. The molecule has 0 bridgehead atoms. The third-order valence-electron chi connectivity index (χ3n) is 1.12. The first-order valence-corrected chi connectivity index (χ1v) is 13.1. The molecular weight excluding hydrogens is 333 g/mol. The van der Waals surface area contributed by atoms with E-state index in [0.29, 0.717) is 0 Å². The van der Waals surface area contributed by atoms with Crippen molar-refractivity contribution in [3.63, 3.8) is 0 Å². The average molecular weight is 341 g/mol. The summed E-state index contributed by atoms with van der Waals surface area (Å²) in [5.74, 6) is 0. The van der Waals surface area contributed by atoms with E-state index in [4.69, 9.17) is 0 Å². The molecule has 0 saturated carbocycles. The third-order valence-corrected chi connectivity index (χ3v) is 7.98. The molecule has 0 aromatic rings. The molecule has 0 radical (unpaired) electrons. The molecule has 0 fully saturated rings. The Bertz CT molecular complexity index is 164. The van der Waals surface area contributed by atoms with E-state index in [2.05, 4.69) is 51.0 Å². The molecule has 0 N–H and O–H groups in total. The second-order valence-electron chi connectivity index (χ2n) is 1.86. The van der Waals surface area contributed by atoms with Crippen molar-refractivity contribution in [2.24, 2.45) is 0 Å². The van der Waals surface area contributed by atoms with E-state index in [1.54, 1.807) is 4.17 Å². The molecule has 0 heterocycles. The summed E-state index contributed by atoms with van der Waals surface area (Å²) in [6.45, 7) is 0. The normalized spacial score (nSPS) is 20.1. The molecule has 0 atom stereocenters. The summed E-state index contributed by atoms with van der Waals surface area (Å²) in [4.78, 5) is 0. The van der Waals surface area contributed by atoms with Crippen LogP contribution in [0.2, 0.25) is 5.52 Å². The van der Waals surface area contributed by atoms with Crippen molar-refractivity contribution in [3.8, 4) is 0 Å². The van der Waals surface area contributed by atoms with Gasteiger partial charge < -0.3 is 0 Å². The van der Waals surface area contributed by atoms with Crippen molar-refractivity contribution >= 4 is 27.2 Å². The Morgan fingerprint density at radius 2 is 2.22 bits per heavy atom. The fourth-order valence-electron chi connectivity index (χ4n) is 0.646. The van der Waals surface area contributed by atoms with Gasteiger partial charge in [0, 0.05) is 0 Å². The van der Waals surface area contributed by atoms with Crippen molar-refractivity contribution in [1.29, 1.82) is 0 Å². The van der Waals surface area contributed by atoms with Gasteiger partial charge in [0.1, 0.15) is 0 Å². The van der Waals surface area contributed by atoms with Gasteiger partial charge in [0.05, 0.1) is 0 Å². The van der Waals surface area contributed by atoms with E-state index < -0.39 is 10.9 Å². The molecule has 0 saturated heterocycles. The summed E-state index contributed by atoms with van der Waals surface area (Å²) in [6.07, 6.45) is 7.66. The zero-order valence-corrected chi connectivity index (χ0v) is 9.96. The molecule has 1 rings (SSSR count). The standard InChI is InChI=1S/C5H5.CH3.2BrH.Ru/c1-2-4-5-3-1;;;;/h1-3H,4H2;1H3;2*1H;/q;;;;+2/p-2. The summed E-state index contributed by atoms with van der Waals surface area (Å²) in [7, 11) is -1.59. The Balaban J connectivity index is 2.66. The van der Waals surface area contributed by atoms with Crippen LogP contribution in [0.3, 0.4) is 0 Å². The molecule has 0 nitrogen and oxygen atoms in total. The van der Waals surface area contributed by atoms with E-state index >= 15 is 0 Å². The van der Waals surface area contributed by atoms with Crippen LogP contribution in [-0.4, -0.2) is 0 Å². The Hall–Kier alpha value is 1.06. The number of hydrogen-bond donors (Lipinski definition) is 0. The first kappa shape index (κ1) is 8.16. The first-order valence-electron chi connectivity index (χ1n) is 2.51. The van der Waals surface area contributed by atoms with Crippen molar-refractivity contribution in [2.75, 3.05) is 0 Å². The van der Waals surface area contributed by atoms with Crippen LogP contribution in [0.25, 0.3) is 0 Å². The summed E-state index contributed by atoms with van der Waals surface area (Å²) in [5.41, 5.74) is 2.26. The van der Waals surface area contributed by atoms with Crippen LogP contribution >= 0.6 is 27.2 Å². The molecule has 9 heavy (non-hydrogen) atoms. The van der Waals surface area contributed by atoms with Crippen LogP contribution in [0.4, 0.5) is 0 Å². The van der Waals surface area contributed by atoms with E-state index in [0.717, 1.165) is 6.42 Å². The van der Waals surface area contributed by atoms with Gasteiger partial charge in [0.15, 0.2) is 0 Å². The third kappa shape index (κ3) is 2.29. The summed E-state index contributed by atoms with van der Waals surface area (Å²) < 4.78 is 1.55. The van der Waals surface area contributed by atoms with Gasteiger partial charge in [-0.15, -0.1) is 0 Å². The summed E-state index contributed by atoms with van der Waals surface area (Å²) in [6, 6.07) is 0. The van der Waals surface area contributed by atoms with E-state index in [-0.39, 0.29) is 0 Å². The molecule has 1 aliphatic carbocycles. The van der Waals surface area contributed by atoms with Crippen molar-refractivity contribution in [1.82, 2.24) is 0 Å². The van der Waals surface area contributed by atoms with Crippen LogP contribution < -0.4 is 0 Å². The Morgan fingerprint density at radius 1 is 1.56 bits per heavy atom. The maximum absolute atomic E-state index is 3.68. The summed E-state index contributed by atoms with van der Waals surface area (Å²) >= 11 is 7.37. The van der Waals surface area contributed by atoms with Gasteiger partial charge >= 0.3 is 72.4 Å². The number of halogens is 2. The van der Waals surface area contributed by atoms with Crippen molar-refractivity contribution in [2.45, 2.75) is 11.9 Å². The van der Waals surface area contributed by atoms with Crippen LogP contribution in [-0.2, 0) is 10.9 Å². The topological polar surface area (TPSA) is 0 Å². The fourth-order valence-corrected chi connectivity index (χ4v) is 4.61. The van der Waals surface area contributed by atoms with E-state index in [1.165, 1.54) is 0 Å². The van der Waals surface area contributed by atoms with Crippen molar-refractivity contribution in [3.05, 3.63) is 22.4 Å². The van der Waals surface area contributed by atoms with Gasteiger partial charge in [-0.05, 0) is 0 Å². The SMILES string of the molecule is [CH3][Ru]([Br])([Br])[C]1=CC=CC1. The van der Waals surface area contributed by atoms with Gasteiger partial charge in [-0.3, -0.25) is 0 Å². The van der Waals surface area contributed by atoms with E-state index in [1.807, 2.05) is 0 Å².